The van der Waals surface area contributed by atoms with Crippen LogP contribution in [0.2, 0.25) is 5.02 Å². The highest BCUT2D eigenvalue weighted by Gasteiger charge is 2.15. The first kappa shape index (κ1) is 14.6. The van der Waals surface area contributed by atoms with Gasteiger partial charge in [-0.05, 0) is 43.1 Å². The third kappa shape index (κ3) is 3.38. The molecule has 1 nitrogen and oxygen atoms in total. The Morgan fingerprint density at radius 3 is 2.58 bits per heavy atom. The monoisotopic (exact) mass is 337 g/mol. The van der Waals surface area contributed by atoms with E-state index in [2.05, 4.69) is 51.6 Å². The zero-order valence-electron chi connectivity index (χ0n) is 11.1. The van der Waals surface area contributed by atoms with E-state index < -0.39 is 0 Å². The van der Waals surface area contributed by atoms with Crippen molar-refractivity contribution in [3.05, 3.63) is 68.7 Å². The van der Waals surface area contributed by atoms with Crippen LogP contribution < -0.4 is 5.32 Å². The van der Waals surface area contributed by atoms with Gasteiger partial charge in [-0.3, -0.25) is 0 Å². The molecule has 0 heterocycles. The molecule has 2 aromatic carbocycles. The van der Waals surface area contributed by atoms with Gasteiger partial charge in [0.2, 0.25) is 0 Å². The molecule has 0 aliphatic carbocycles. The van der Waals surface area contributed by atoms with E-state index >= 15 is 0 Å². The van der Waals surface area contributed by atoms with Crippen molar-refractivity contribution in [2.75, 3.05) is 7.05 Å². The minimum atomic E-state index is 0.214. The zero-order valence-corrected chi connectivity index (χ0v) is 13.4. The molecule has 0 spiro atoms. The fourth-order valence-electron chi connectivity index (χ4n) is 2.19. The first-order valence-electron chi connectivity index (χ1n) is 6.29. The number of rotatable bonds is 4. The van der Waals surface area contributed by atoms with Gasteiger partial charge in [0.15, 0.2) is 0 Å². The Morgan fingerprint density at radius 2 is 1.89 bits per heavy atom. The Morgan fingerprint density at radius 1 is 1.16 bits per heavy atom. The van der Waals surface area contributed by atoms with Crippen molar-refractivity contribution in [1.82, 2.24) is 5.32 Å². The maximum absolute atomic E-state index is 6.42. The Hall–Kier alpha value is -0.830. The largest absolute Gasteiger partial charge is 0.313 e. The highest BCUT2D eigenvalue weighted by atomic mass is 79.9. The van der Waals surface area contributed by atoms with Crippen molar-refractivity contribution in [2.45, 2.75) is 19.4 Å². The van der Waals surface area contributed by atoms with Gasteiger partial charge in [-0.2, -0.15) is 0 Å². The number of likely N-dealkylation sites (N-methyl/N-ethyl adjacent to an activating group) is 1. The standard InChI is InChI=1S/C16H17BrClN/c1-11-6-5-8-13(16(11)18)15(19-2)10-12-7-3-4-9-14(12)17/h3-9,15,19H,10H2,1-2H3. The van der Waals surface area contributed by atoms with Gasteiger partial charge in [0.1, 0.15) is 0 Å². The van der Waals surface area contributed by atoms with Crippen LogP contribution in [0.3, 0.4) is 0 Å². The van der Waals surface area contributed by atoms with Crippen molar-refractivity contribution in [1.29, 1.82) is 0 Å². The molecule has 0 bridgehead atoms. The quantitative estimate of drug-likeness (QED) is 0.835. The fourth-order valence-corrected chi connectivity index (χ4v) is 2.89. The SMILES string of the molecule is CNC(Cc1ccccc1Br)c1cccc(C)c1Cl. The van der Waals surface area contributed by atoms with Crippen molar-refractivity contribution in [2.24, 2.45) is 0 Å². The van der Waals surface area contributed by atoms with Gasteiger partial charge in [-0.25, -0.2) is 0 Å². The molecule has 100 valence electrons. The van der Waals surface area contributed by atoms with Crippen LogP contribution in [-0.4, -0.2) is 7.05 Å². The van der Waals surface area contributed by atoms with Crippen molar-refractivity contribution >= 4 is 27.5 Å². The number of aryl methyl sites for hydroxylation is 1. The maximum Gasteiger partial charge on any atom is 0.0483 e. The predicted molar refractivity (Wildman–Crippen MR) is 85.8 cm³/mol. The fraction of sp³-hybridized carbons (Fsp3) is 0.250. The average molecular weight is 339 g/mol. The lowest BCUT2D eigenvalue weighted by Crippen LogP contribution is -2.19. The number of benzene rings is 2. The van der Waals surface area contributed by atoms with E-state index in [1.54, 1.807) is 0 Å². The van der Waals surface area contributed by atoms with Gasteiger partial charge in [-0.15, -0.1) is 0 Å². The van der Waals surface area contributed by atoms with E-state index in [-0.39, 0.29) is 6.04 Å². The van der Waals surface area contributed by atoms with E-state index in [1.165, 1.54) is 5.56 Å². The van der Waals surface area contributed by atoms with Gasteiger partial charge in [0, 0.05) is 15.5 Å². The van der Waals surface area contributed by atoms with Crippen LogP contribution in [-0.2, 0) is 6.42 Å². The van der Waals surface area contributed by atoms with Crippen LogP contribution in [0.25, 0.3) is 0 Å². The summed E-state index contributed by atoms with van der Waals surface area (Å²) in [5.74, 6) is 0. The number of hydrogen-bond acceptors (Lipinski definition) is 1. The van der Waals surface area contributed by atoms with E-state index in [9.17, 15) is 0 Å². The summed E-state index contributed by atoms with van der Waals surface area (Å²) < 4.78 is 1.14. The Kier molecular flexibility index (Phi) is 5.03. The molecule has 1 atom stereocenters. The lowest BCUT2D eigenvalue weighted by Gasteiger charge is -2.19. The molecule has 19 heavy (non-hydrogen) atoms. The van der Waals surface area contributed by atoms with E-state index in [0.29, 0.717) is 0 Å². The molecule has 0 saturated heterocycles. The molecular formula is C16H17BrClN. The second kappa shape index (κ2) is 6.56. The normalized spacial score (nSPS) is 12.4. The smallest absolute Gasteiger partial charge is 0.0483 e. The summed E-state index contributed by atoms with van der Waals surface area (Å²) in [7, 11) is 1.97. The second-order valence-corrected chi connectivity index (χ2v) is 5.85. The molecular weight excluding hydrogens is 322 g/mol. The number of nitrogens with one attached hydrogen (secondary N) is 1. The third-order valence-corrected chi connectivity index (χ3v) is 4.62. The molecule has 0 aliphatic rings. The second-order valence-electron chi connectivity index (χ2n) is 4.61. The van der Waals surface area contributed by atoms with Crippen molar-refractivity contribution in [3.63, 3.8) is 0 Å². The van der Waals surface area contributed by atoms with Crippen LogP contribution in [0.1, 0.15) is 22.7 Å². The van der Waals surface area contributed by atoms with Crippen LogP contribution in [0.4, 0.5) is 0 Å². The first-order valence-corrected chi connectivity index (χ1v) is 7.46. The maximum atomic E-state index is 6.42. The third-order valence-electron chi connectivity index (χ3n) is 3.33. The summed E-state index contributed by atoms with van der Waals surface area (Å²) in [6.45, 7) is 2.04. The molecule has 2 rings (SSSR count). The molecule has 3 heteroatoms. The van der Waals surface area contributed by atoms with E-state index in [4.69, 9.17) is 11.6 Å². The van der Waals surface area contributed by atoms with Crippen molar-refractivity contribution in [3.8, 4) is 0 Å². The van der Waals surface area contributed by atoms with Crippen LogP contribution in [0, 0.1) is 6.92 Å². The molecule has 0 saturated carbocycles. The Balaban J connectivity index is 2.31. The minimum absolute atomic E-state index is 0.214. The summed E-state index contributed by atoms with van der Waals surface area (Å²) in [6, 6.07) is 14.7. The summed E-state index contributed by atoms with van der Waals surface area (Å²) in [5.41, 5.74) is 3.55. The Bertz CT molecular complexity index is 568. The Labute approximate surface area is 128 Å². The molecule has 1 unspecified atom stereocenters. The van der Waals surface area contributed by atoms with Crippen LogP contribution in [0.15, 0.2) is 46.9 Å². The average Bonchev–Trinajstić information content (AvgIpc) is 2.41. The first-order chi connectivity index (χ1) is 9.13. The summed E-state index contributed by atoms with van der Waals surface area (Å²) in [4.78, 5) is 0. The topological polar surface area (TPSA) is 12.0 Å². The molecule has 0 radical (unpaired) electrons. The molecule has 2 aromatic rings. The van der Waals surface area contributed by atoms with Gasteiger partial charge in [0.05, 0.1) is 0 Å². The van der Waals surface area contributed by atoms with E-state index in [1.807, 2.05) is 26.1 Å². The van der Waals surface area contributed by atoms with Gasteiger partial charge in [0.25, 0.3) is 0 Å². The molecule has 1 N–H and O–H groups in total. The number of hydrogen-bond donors (Lipinski definition) is 1. The highest BCUT2D eigenvalue weighted by Crippen LogP contribution is 2.29. The predicted octanol–water partition coefficient (Wildman–Crippen LogP) is 4.91. The van der Waals surface area contributed by atoms with Crippen LogP contribution in [0.5, 0.6) is 0 Å². The van der Waals surface area contributed by atoms with Crippen LogP contribution >= 0.6 is 27.5 Å². The number of halogens is 2. The molecule has 0 fully saturated rings. The zero-order chi connectivity index (χ0) is 13.8. The molecule has 0 aliphatic heterocycles. The van der Waals surface area contributed by atoms with E-state index in [0.717, 1.165) is 27.0 Å². The van der Waals surface area contributed by atoms with Crippen molar-refractivity contribution < 1.29 is 0 Å². The molecule has 0 amide bonds. The summed E-state index contributed by atoms with van der Waals surface area (Å²) >= 11 is 10.0. The minimum Gasteiger partial charge on any atom is -0.313 e. The van der Waals surface area contributed by atoms with Gasteiger partial charge < -0.3 is 5.32 Å². The van der Waals surface area contributed by atoms with Gasteiger partial charge in [-0.1, -0.05) is 63.9 Å². The van der Waals surface area contributed by atoms with Gasteiger partial charge >= 0.3 is 0 Å². The summed E-state index contributed by atoms with van der Waals surface area (Å²) in [6.07, 6.45) is 0.904. The lowest BCUT2D eigenvalue weighted by atomic mass is 9.97. The lowest BCUT2D eigenvalue weighted by molar-refractivity contribution is 0.591. The highest BCUT2D eigenvalue weighted by molar-refractivity contribution is 9.10. The molecule has 0 aromatic heterocycles. The summed E-state index contributed by atoms with van der Waals surface area (Å²) in [5, 5.41) is 4.21.